The normalized spacial score (nSPS) is 16.4. The smallest absolute Gasteiger partial charge is 0.526 e. The van der Waals surface area contributed by atoms with E-state index in [4.69, 9.17) is 32.9 Å². The van der Waals surface area contributed by atoms with Crippen molar-refractivity contribution in [2.45, 2.75) is 131 Å². The number of carbonyl (C=O) groups is 7. The van der Waals surface area contributed by atoms with Crippen LogP contribution in [0.3, 0.4) is 0 Å². The number of carbonyl (C=O) groups excluding carboxylic acids is 7. The van der Waals surface area contributed by atoms with Crippen LogP contribution in [-0.4, -0.2) is 108 Å². The van der Waals surface area contributed by atoms with Gasteiger partial charge in [0.1, 0.15) is 62.8 Å². The molecule has 24 heteroatoms. The van der Waals surface area contributed by atoms with Crippen molar-refractivity contribution < 1.29 is 101 Å². The molecule has 0 amide bonds. The monoisotopic (exact) mass is 1020 g/mol. The topological polar surface area (TPSA) is 285 Å². The summed E-state index contributed by atoms with van der Waals surface area (Å²) in [6, 6.07) is 5.99. The van der Waals surface area contributed by atoms with Gasteiger partial charge in [0.05, 0.1) is 18.6 Å². The minimum absolute atomic E-state index is 0.0121. The molecule has 0 aromatic heterocycles. The van der Waals surface area contributed by atoms with Gasteiger partial charge in [-0.1, -0.05) is 20.8 Å². The van der Waals surface area contributed by atoms with Crippen molar-refractivity contribution in [3.63, 3.8) is 0 Å². The zero-order chi connectivity index (χ0) is 54.5. The van der Waals surface area contributed by atoms with E-state index in [9.17, 15) is 67.6 Å². The van der Waals surface area contributed by atoms with Crippen LogP contribution in [0.25, 0.3) is 0 Å². The van der Waals surface area contributed by atoms with Crippen LogP contribution in [0.1, 0.15) is 142 Å². The van der Waals surface area contributed by atoms with Crippen LogP contribution in [0.15, 0.2) is 30.3 Å². The second-order valence-corrected chi connectivity index (χ2v) is 18.4. The summed E-state index contributed by atoms with van der Waals surface area (Å²) in [7, 11) is -3.81. The molecule has 394 valence electrons. The number of benzene rings is 3. The van der Waals surface area contributed by atoms with Gasteiger partial charge in [0.2, 0.25) is 6.79 Å². The number of Topliss-reactive ketones (excluding diaryl/α,β-unsaturated/α-hetero) is 3. The molecular weight excluding hydrogens is 963 g/mol. The highest BCUT2D eigenvalue weighted by Gasteiger charge is 2.42. The molecule has 19 nitrogen and oxygen atoms in total. The van der Waals surface area contributed by atoms with Crippen molar-refractivity contribution >= 4 is 62.6 Å². The van der Waals surface area contributed by atoms with Crippen molar-refractivity contribution in [1.82, 2.24) is 0 Å². The van der Waals surface area contributed by atoms with Gasteiger partial charge in [-0.2, -0.15) is 0 Å². The van der Waals surface area contributed by atoms with Crippen LogP contribution in [0.5, 0.6) is 28.7 Å². The van der Waals surface area contributed by atoms with Crippen LogP contribution >= 0.6 is 0 Å². The fraction of sp³-hybridized carbons (Fsp3) is 0.490. The first kappa shape index (κ1) is 59.1. The average Bonchev–Trinajstić information content (AvgIpc) is 3.33. The number of esters is 4. The summed E-state index contributed by atoms with van der Waals surface area (Å²) in [6.45, 7) is 13.1. The predicted octanol–water partition coefficient (Wildman–Crippen LogP) is 6.27. The highest BCUT2D eigenvalue weighted by molar-refractivity contribution is 6.48. The second kappa shape index (κ2) is 26.4. The number of phenolic OH excluding ortho intramolecular Hbond substituents is 2. The van der Waals surface area contributed by atoms with Crippen LogP contribution < -0.4 is 14.0 Å². The van der Waals surface area contributed by atoms with Crippen molar-refractivity contribution in [2.24, 2.45) is 5.41 Å². The molecule has 0 saturated heterocycles. The fourth-order valence-electron chi connectivity index (χ4n) is 7.82. The van der Waals surface area contributed by atoms with Gasteiger partial charge in [0, 0.05) is 61.5 Å². The number of halogens is 2. The average molecular weight is 1020 g/mol. The molecule has 3 atom stereocenters. The van der Waals surface area contributed by atoms with Crippen molar-refractivity contribution in [3.8, 4) is 28.7 Å². The minimum Gasteiger partial charge on any atom is -0.535 e. The highest BCUT2D eigenvalue weighted by atomic mass is 19.2. The van der Waals surface area contributed by atoms with Gasteiger partial charge >= 0.3 is 45.2 Å². The molecule has 0 unspecified atom stereocenters. The largest absolute Gasteiger partial charge is 0.535 e. The molecule has 3 aliphatic rings. The lowest BCUT2D eigenvalue weighted by molar-refractivity contribution is -0.161. The summed E-state index contributed by atoms with van der Waals surface area (Å²) in [5.74, 6) is -7.10. The van der Waals surface area contributed by atoms with E-state index in [0.717, 1.165) is 6.07 Å². The zero-order valence-electron chi connectivity index (χ0n) is 42.0. The number of phenols is 2. The van der Waals surface area contributed by atoms with Gasteiger partial charge in [-0.05, 0) is 95.3 Å². The number of ketones is 3. The molecule has 0 bridgehead atoms. The maximum absolute atomic E-state index is 14.1. The number of fused-ring (bicyclic) bond motifs is 3. The van der Waals surface area contributed by atoms with E-state index in [0.29, 0.717) is 36.5 Å². The Morgan fingerprint density at radius 1 is 0.562 bits per heavy atom. The molecule has 0 fully saturated rings. The molecule has 5 N–H and O–H groups in total. The van der Waals surface area contributed by atoms with Gasteiger partial charge in [-0.3, -0.25) is 19.2 Å². The number of hydrogen-bond donors (Lipinski definition) is 5. The van der Waals surface area contributed by atoms with Crippen LogP contribution in [0.4, 0.5) is 8.78 Å². The summed E-state index contributed by atoms with van der Waals surface area (Å²) in [4.78, 5) is 82.7. The van der Waals surface area contributed by atoms with Crippen LogP contribution in [0.2, 0.25) is 17.5 Å². The van der Waals surface area contributed by atoms with Gasteiger partial charge in [0.25, 0.3) is 0 Å². The lowest BCUT2D eigenvalue weighted by Crippen LogP contribution is -2.36. The Labute approximate surface area is 422 Å². The summed E-state index contributed by atoms with van der Waals surface area (Å²) in [5.41, 5.74) is -0.126. The minimum atomic E-state index is -1.38. The van der Waals surface area contributed by atoms with Gasteiger partial charge < -0.3 is 58.2 Å². The SMILES string of the molecule is CCC(=O)C[C@H]1Cc2cc(O)cc(C(=O)OCOC(=O)C(C)(C)C)c2OB1O.CCOC(=O)c1cc(F)c(F)c2c1OB(O)[C@@H](CC(=O)CC)C2.CCOC(=O)c1cc(O)cc2c1OB(O)[C@@H](CC(=O)CC)C2. The molecule has 3 aromatic carbocycles. The highest BCUT2D eigenvalue weighted by Crippen LogP contribution is 2.42. The molecule has 3 aromatic rings. The standard InChI is InChI=1S/C19H25BO8.C15H17BF2O5.C15H19BO6/c1-5-13(21)8-12-6-11-7-14(22)9-15(16(11)28-20(12)25)17(23)26-10-27-18(24)19(2,3)4;1-3-9(19)5-8-6-10-13(18)12(17)7-11(15(20)22-4-2)14(10)23-16(8)21;1-3-11(17)7-10-5-9-6-12(18)8-13(15(19)21-4-2)14(9)22-16(10)20/h7,9,12,22,25H,5-6,8,10H2,1-4H3;7-8,21H,3-6H2,1-2H3;6,8,10,18,20H,3-5,7H2,1-2H3/t12-;8-;10-/m101/s1. The molecule has 73 heavy (non-hydrogen) atoms. The number of rotatable bonds is 16. The number of hydrogen-bond acceptors (Lipinski definition) is 19. The van der Waals surface area contributed by atoms with Crippen LogP contribution in [0, 0.1) is 17.0 Å². The lowest BCUT2D eigenvalue weighted by atomic mass is 9.64. The summed E-state index contributed by atoms with van der Waals surface area (Å²) < 4.78 is 63.5. The third-order valence-corrected chi connectivity index (χ3v) is 11.8. The van der Waals surface area contributed by atoms with Gasteiger partial charge in [0.15, 0.2) is 11.6 Å². The lowest BCUT2D eigenvalue weighted by Gasteiger charge is -2.28. The molecule has 0 spiro atoms. The maximum atomic E-state index is 14.1. The fourth-order valence-corrected chi connectivity index (χ4v) is 7.82. The Morgan fingerprint density at radius 3 is 1.32 bits per heavy atom. The summed E-state index contributed by atoms with van der Waals surface area (Å²) in [5, 5.41) is 50.0. The Kier molecular flexibility index (Phi) is 21.4. The van der Waals surface area contributed by atoms with E-state index in [1.807, 2.05) is 0 Å². The first-order chi connectivity index (χ1) is 34.4. The summed E-state index contributed by atoms with van der Waals surface area (Å²) in [6.07, 6.45) is 1.84. The Bertz CT molecular complexity index is 2530. The third-order valence-electron chi connectivity index (χ3n) is 11.8. The number of ether oxygens (including phenoxy) is 4. The molecule has 0 saturated carbocycles. The van der Waals surface area contributed by atoms with Crippen LogP contribution in [-0.2, 0) is 57.4 Å². The van der Waals surface area contributed by atoms with Crippen molar-refractivity contribution in [1.29, 1.82) is 0 Å². The van der Waals surface area contributed by atoms with Crippen molar-refractivity contribution in [3.05, 3.63) is 75.3 Å². The number of aromatic hydroxyl groups is 2. The quantitative estimate of drug-likeness (QED) is 0.0457. The zero-order valence-corrected chi connectivity index (χ0v) is 42.0. The molecule has 3 aliphatic heterocycles. The van der Waals surface area contributed by atoms with E-state index in [1.165, 1.54) is 18.2 Å². The Hall–Kier alpha value is -6.52. The van der Waals surface area contributed by atoms with Crippen molar-refractivity contribution in [2.75, 3.05) is 20.0 Å². The van der Waals surface area contributed by atoms with E-state index < -0.39 is 86.5 Å². The molecule has 0 aliphatic carbocycles. The van der Waals surface area contributed by atoms with E-state index in [2.05, 4.69) is 0 Å². The molecule has 3 heterocycles. The first-order valence-electron chi connectivity index (χ1n) is 23.9. The Morgan fingerprint density at radius 2 is 0.932 bits per heavy atom. The second-order valence-electron chi connectivity index (χ2n) is 18.4. The molecule has 6 rings (SSSR count). The third kappa shape index (κ3) is 15.7. The van der Waals surface area contributed by atoms with E-state index in [1.54, 1.807) is 55.4 Å². The first-order valence-corrected chi connectivity index (χ1v) is 23.9. The van der Waals surface area contributed by atoms with E-state index >= 15 is 0 Å². The van der Waals surface area contributed by atoms with Gasteiger partial charge in [-0.15, -0.1) is 0 Å². The molecular formula is C49H61B3F2O19. The summed E-state index contributed by atoms with van der Waals surface area (Å²) >= 11 is 0. The Balaban J connectivity index is 0.000000239. The van der Waals surface area contributed by atoms with Gasteiger partial charge in [-0.25, -0.2) is 23.2 Å². The molecule has 0 radical (unpaired) electrons. The maximum Gasteiger partial charge on any atom is 0.526 e. The van der Waals surface area contributed by atoms with E-state index in [-0.39, 0.29) is 120 Å². The predicted molar refractivity (Wildman–Crippen MR) is 258 cm³/mol.